The smallest absolute Gasteiger partial charge is 0.248 e. The third-order valence-electron chi connectivity index (χ3n) is 4.55. The van der Waals surface area contributed by atoms with E-state index in [0.717, 1.165) is 15.6 Å². The molecule has 3 aromatic carbocycles. The molecule has 0 radical (unpaired) electrons. The first kappa shape index (κ1) is 20.8. The van der Waals surface area contributed by atoms with Crippen LogP contribution in [0.1, 0.15) is 11.1 Å². The van der Waals surface area contributed by atoms with Crippen LogP contribution in [0.2, 0.25) is 0 Å². The second-order valence-corrected chi connectivity index (χ2v) is 7.55. The van der Waals surface area contributed by atoms with Crippen LogP contribution in [0.25, 0.3) is 6.08 Å². The maximum absolute atomic E-state index is 12.3. The van der Waals surface area contributed by atoms with Gasteiger partial charge in [-0.2, -0.15) is 0 Å². The standard InChI is InChI=1S/C24H20BrNO5/c1-28-22-12-17(11-19(25)24(22)29-14-16-5-3-2-4-6-16)7-10-23(27)26-18-8-9-20-21(13-18)31-15-30-20/h2-13H,14-15H2,1H3,(H,26,27)/b10-7+. The number of methoxy groups -OCH3 is 1. The number of ether oxygens (including phenoxy) is 4. The molecular formula is C24H20BrNO5. The van der Waals surface area contributed by atoms with Crippen molar-refractivity contribution >= 4 is 33.6 Å². The van der Waals surface area contributed by atoms with E-state index in [0.29, 0.717) is 35.3 Å². The van der Waals surface area contributed by atoms with Crippen molar-refractivity contribution in [2.75, 3.05) is 19.2 Å². The van der Waals surface area contributed by atoms with Gasteiger partial charge in [-0.05, 0) is 57.4 Å². The molecule has 0 unspecified atom stereocenters. The predicted octanol–water partition coefficient (Wildman–Crippen LogP) is 5.42. The molecule has 1 amide bonds. The monoisotopic (exact) mass is 481 g/mol. The van der Waals surface area contributed by atoms with E-state index in [1.54, 1.807) is 31.4 Å². The van der Waals surface area contributed by atoms with Crippen LogP contribution in [-0.4, -0.2) is 19.8 Å². The molecule has 6 nitrogen and oxygen atoms in total. The Morgan fingerprint density at radius 1 is 1.10 bits per heavy atom. The second kappa shape index (κ2) is 9.57. The maximum atomic E-state index is 12.3. The molecule has 0 saturated carbocycles. The van der Waals surface area contributed by atoms with Crippen LogP contribution < -0.4 is 24.3 Å². The molecule has 0 fully saturated rings. The zero-order valence-corrected chi connectivity index (χ0v) is 18.3. The van der Waals surface area contributed by atoms with E-state index in [-0.39, 0.29) is 12.7 Å². The highest BCUT2D eigenvalue weighted by Crippen LogP contribution is 2.38. The molecule has 0 spiro atoms. The molecule has 0 bridgehead atoms. The minimum absolute atomic E-state index is 0.189. The third kappa shape index (κ3) is 5.19. The highest BCUT2D eigenvalue weighted by atomic mass is 79.9. The molecule has 0 aromatic heterocycles. The van der Waals surface area contributed by atoms with Gasteiger partial charge in [-0.1, -0.05) is 30.3 Å². The summed E-state index contributed by atoms with van der Waals surface area (Å²) in [4.78, 5) is 12.3. The van der Waals surface area contributed by atoms with Crippen molar-refractivity contribution < 1.29 is 23.7 Å². The number of hydrogen-bond acceptors (Lipinski definition) is 5. The van der Waals surface area contributed by atoms with Gasteiger partial charge in [-0.3, -0.25) is 4.79 Å². The predicted molar refractivity (Wildman–Crippen MR) is 122 cm³/mol. The first-order valence-electron chi connectivity index (χ1n) is 9.55. The molecule has 4 rings (SSSR count). The summed E-state index contributed by atoms with van der Waals surface area (Å²) in [6.45, 7) is 0.608. The highest BCUT2D eigenvalue weighted by molar-refractivity contribution is 9.10. The fraction of sp³-hybridized carbons (Fsp3) is 0.125. The maximum Gasteiger partial charge on any atom is 0.248 e. The van der Waals surface area contributed by atoms with Crippen molar-refractivity contribution in [1.29, 1.82) is 0 Å². The molecule has 0 atom stereocenters. The molecule has 0 aliphatic carbocycles. The second-order valence-electron chi connectivity index (χ2n) is 6.70. The average molecular weight is 482 g/mol. The quantitative estimate of drug-likeness (QED) is 0.456. The van der Waals surface area contributed by atoms with Gasteiger partial charge in [0.25, 0.3) is 0 Å². The Hall–Kier alpha value is -3.45. The van der Waals surface area contributed by atoms with Gasteiger partial charge < -0.3 is 24.3 Å². The van der Waals surface area contributed by atoms with E-state index >= 15 is 0 Å². The zero-order chi connectivity index (χ0) is 21.6. The minimum atomic E-state index is -0.265. The molecule has 1 aliphatic rings. The van der Waals surface area contributed by atoms with Crippen molar-refractivity contribution in [3.8, 4) is 23.0 Å². The lowest BCUT2D eigenvalue weighted by Gasteiger charge is -2.13. The molecular weight excluding hydrogens is 462 g/mol. The number of halogens is 1. The van der Waals surface area contributed by atoms with Gasteiger partial charge in [0.2, 0.25) is 12.7 Å². The van der Waals surface area contributed by atoms with Crippen molar-refractivity contribution in [3.05, 3.63) is 82.3 Å². The normalized spacial score (nSPS) is 12.1. The van der Waals surface area contributed by atoms with Crippen LogP contribution in [0, 0.1) is 0 Å². The lowest BCUT2D eigenvalue weighted by Crippen LogP contribution is -2.07. The van der Waals surface area contributed by atoms with Gasteiger partial charge in [0.1, 0.15) is 6.61 Å². The first-order valence-corrected chi connectivity index (χ1v) is 10.3. The lowest BCUT2D eigenvalue weighted by molar-refractivity contribution is -0.111. The third-order valence-corrected chi connectivity index (χ3v) is 5.13. The van der Waals surface area contributed by atoms with E-state index in [1.807, 2.05) is 42.5 Å². The van der Waals surface area contributed by atoms with Gasteiger partial charge in [-0.25, -0.2) is 0 Å². The molecule has 1 aliphatic heterocycles. The summed E-state index contributed by atoms with van der Waals surface area (Å²) in [7, 11) is 1.58. The van der Waals surface area contributed by atoms with Gasteiger partial charge in [0.15, 0.2) is 23.0 Å². The number of benzene rings is 3. The average Bonchev–Trinajstić information content (AvgIpc) is 3.25. The fourth-order valence-electron chi connectivity index (χ4n) is 3.04. The topological polar surface area (TPSA) is 66.0 Å². The largest absolute Gasteiger partial charge is 0.493 e. The van der Waals surface area contributed by atoms with Crippen molar-refractivity contribution in [1.82, 2.24) is 0 Å². The summed E-state index contributed by atoms with van der Waals surface area (Å²) in [6, 6.07) is 18.8. The van der Waals surface area contributed by atoms with Crippen LogP contribution in [0.15, 0.2) is 71.2 Å². The number of anilines is 1. The molecule has 1 N–H and O–H groups in total. The SMILES string of the molecule is COc1cc(/C=C/C(=O)Nc2ccc3c(c2)OCO3)cc(Br)c1OCc1ccccc1. The van der Waals surface area contributed by atoms with Crippen molar-refractivity contribution in [2.24, 2.45) is 0 Å². The van der Waals surface area contributed by atoms with Crippen LogP contribution >= 0.6 is 15.9 Å². The Balaban J connectivity index is 1.43. The van der Waals surface area contributed by atoms with Gasteiger partial charge in [0, 0.05) is 17.8 Å². The first-order chi connectivity index (χ1) is 15.1. The number of carbonyl (C=O) groups excluding carboxylic acids is 1. The van der Waals surface area contributed by atoms with E-state index in [2.05, 4.69) is 21.2 Å². The van der Waals surface area contributed by atoms with Crippen molar-refractivity contribution in [2.45, 2.75) is 6.61 Å². The Bertz CT molecular complexity index is 1110. The summed E-state index contributed by atoms with van der Waals surface area (Å²) in [5, 5.41) is 2.81. The number of hydrogen-bond donors (Lipinski definition) is 1. The molecule has 3 aromatic rings. The molecule has 0 saturated heterocycles. The lowest BCUT2D eigenvalue weighted by atomic mass is 10.2. The number of rotatable bonds is 7. The summed E-state index contributed by atoms with van der Waals surface area (Å²) in [6.07, 6.45) is 3.16. The Morgan fingerprint density at radius 3 is 2.71 bits per heavy atom. The van der Waals surface area contributed by atoms with Gasteiger partial charge >= 0.3 is 0 Å². The zero-order valence-electron chi connectivity index (χ0n) is 16.8. The summed E-state index contributed by atoms with van der Waals surface area (Å²) in [5.41, 5.74) is 2.47. The van der Waals surface area contributed by atoms with E-state index in [9.17, 15) is 4.79 Å². The molecule has 158 valence electrons. The molecule has 31 heavy (non-hydrogen) atoms. The molecule has 1 heterocycles. The number of amides is 1. The number of fused-ring (bicyclic) bond motifs is 1. The minimum Gasteiger partial charge on any atom is -0.493 e. The van der Waals surface area contributed by atoms with Crippen molar-refractivity contribution in [3.63, 3.8) is 0 Å². The Kier molecular flexibility index (Phi) is 6.43. The van der Waals surface area contributed by atoms with Crippen LogP contribution in [0.3, 0.4) is 0 Å². The van der Waals surface area contributed by atoms with Crippen LogP contribution in [0.4, 0.5) is 5.69 Å². The summed E-state index contributed by atoms with van der Waals surface area (Å²) < 4.78 is 22.8. The Morgan fingerprint density at radius 2 is 1.90 bits per heavy atom. The Labute approximate surface area is 188 Å². The highest BCUT2D eigenvalue weighted by Gasteiger charge is 2.14. The van der Waals surface area contributed by atoms with E-state index < -0.39 is 0 Å². The van der Waals surface area contributed by atoms with E-state index in [1.165, 1.54) is 6.08 Å². The summed E-state index contributed by atoms with van der Waals surface area (Å²) in [5.74, 6) is 2.19. The van der Waals surface area contributed by atoms with Crippen LogP contribution in [-0.2, 0) is 11.4 Å². The number of carbonyl (C=O) groups is 1. The van der Waals surface area contributed by atoms with Gasteiger partial charge in [-0.15, -0.1) is 0 Å². The number of nitrogens with one attached hydrogen (secondary N) is 1. The summed E-state index contributed by atoms with van der Waals surface area (Å²) >= 11 is 3.54. The van der Waals surface area contributed by atoms with E-state index in [4.69, 9.17) is 18.9 Å². The molecule has 7 heteroatoms. The van der Waals surface area contributed by atoms with Gasteiger partial charge in [0.05, 0.1) is 11.6 Å². The van der Waals surface area contributed by atoms with Crippen LogP contribution in [0.5, 0.6) is 23.0 Å². The fourth-order valence-corrected chi connectivity index (χ4v) is 3.61.